The number of nitro groups is 1. The molecule has 0 atom stereocenters. The Morgan fingerprint density at radius 3 is 2.41 bits per heavy atom. The molecule has 0 unspecified atom stereocenters. The van der Waals surface area contributed by atoms with Crippen LogP contribution in [0.2, 0.25) is 0 Å². The fourth-order valence-electron chi connectivity index (χ4n) is 3.05. The van der Waals surface area contributed by atoms with E-state index in [4.69, 9.17) is 14.2 Å². The number of ether oxygens (including phenoxy) is 3. The van der Waals surface area contributed by atoms with Crippen LogP contribution in [0.3, 0.4) is 0 Å². The molecule has 0 saturated heterocycles. The Labute approximate surface area is 195 Å². The highest BCUT2D eigenvalue weighted by Gasteiger charge is 2.19. The minimum absolute atomic E-state index is 0.0264. The first-order valence-electron chi connectivity index (χ1n) is 10.3. The van der Waals surface area contributed by atoms with Crippen LogP contribution in [0.15, 0.2) is 60.9 Å². The normalized spacial score (nSPS) is 10.3. The first kappa shape index (κ1) is 24.2. The SMILES string of the molecule is CCOC(=O)c1cc(C(=O)NCc2ccc(OCc3ccncc3)c(OC)c2)cc([N+](=O)[O-])c1. The predicted octanol–water partition coefficient (Wildman–Crippen LogP) is 3.68. The average Bonchev–Trinajstić information content (AvgIpc) is 2.86. The van der Waals surface area contributed by atoms with Crippen molar-refractivity contribution in [2.45, 2.75) is 20.1 Å². The lowest BCUT2D eigenvalue weighted by Gasteiger charge is -2.13. The summed E-state index contributed by atoms with van der Waals surface area (Å²) in [4.78, 5) is 39.2. The van der Waals surface area contributed by atoms with Gasteiger partial charge in [-0.05, 0) is 48.4 Å². The Bertz CT molecular complexity index is 1180. The summed E-state index contributed by atoms with van der Waals surface area (Å²) in [5.74, 6) is -0.300. The largest absolute Gasteiger partial charge is 0.493 e. The Balaban J connectivity index is 1.70. The van der Waals surface area contributed by atoms with Crippen molar-refractivity contribution in [1.82, 2.24) is 10.3 Å². The van der Waals surface area contributed by atoms with Gasteiger partial charge in [0.15, 0.2) is 11.5 Å². The highest BCUT2D eigenvalue weighted by molar-refractivity contribution is 5.99. The molecule has 1 aromatic heterocycles. The maximum atomic E-state index is 12.7. The summed E-state index contributed by atoms with van der Waals surface area (Å²) in [6.07, 6.45) is 3.36. The lowest BCUT2D eigenvalue weighted by Crippen LogP contribution is -2.23. The van der Waals surface area contributed by atoms with E-state index in [1.807, 2.05) is 12.1 Å². The highest BCUT2D eigenvalue weighted by Crippen LogP contribution is 2.29. The van der Waals surface area contributed by atoms with Gasteiger partial charge in [-0.1, -0.05) is 6.07 Å². The van der Waals surface area contributed by atoms with E-state index in [2.05, 4.69) is 10.3 Å². The number of nitrogens with zero attached hydrogens (tertiary/aromatic N) is 2. The van der Waals surface area contributed by atoms with E-state index in [0.29, 0.717) is 18.1 Å². The number of pyridine rings is 1. The minimum Gasteiger partial charge on any atom is -0.493 e. The van der Waals surface area contributed by atoms with Crippen LogP contribution < -0.4 is 14.8 Å². The van der Waals surface area contributed by atoms with E-state index >= 15 is 0 Å². The van der Waals surface area contributed by atoms with Gasteiger partial charge in [-0.15, -0.1) is 0 Å². The van der Waals surface area contributed by atoms with Gasteiger partial charge < -0.3 is 19.5 Å². The molecule has 34 heavy (non-hydrogen) atoms. The van der Waals surface area contributed by atoms with E-state index < -0.39 is 16.8 Å². The number of amides is 1. The Morgan fingerprint density at radius 2 is 1.74 bits per heavy atom. The maximum Gasteiger partial charge on any atom is 0.338 e. The third-order valence-corrected chi connectivity index (χ3v) is 4.73. The first-order chi connectivity index (χ1) is 16.4. The van der Waals surface area contributed by atoms with Crippen molar-refractivity contribution in [3.63, 3.8) is 0 Å². The van der Waals surface area contributed by atoms with Crippen molar-refractivity contribution in [2.75, 3.05) is 13.7 Å². The number of esters is 1. The Hall–Kier alpha value is -4.47. The molecule has 0 radical (unpaired) electrons. The van der Waals surface area contributed by atoms with Gasteiger partial charge in [0.25, 0.3) is 11.6 Å². The van der Waals surface area contributed by atoms with Crippen molar-refractivity contribution in [1.29, 1.82) is 0 Å². The Kier molecular flexibility index (Phi) is 8.11. The van der Waals surface area contributed by atoms with E-state index in [9.17, 15) is 19.7 Å². The van der Waals surface area contributed by atoms with Crippen molar-refractivity contribution in [2.24, 2.45) is 0 Å². The summed E-state index contributed by atoms with van der Waals surface area (Å²) >= 11 is 0. The number of rotatable bonds is 10. The molecule has 10 heteroatoms. The van der Waals surface area contributed by atoms with Crippen molar-refractivity contribution < 1.29 is 28.7 Å². The molecule has 3 aromatic rings. The van der Waals surface area contributed by atoms with Gasteiger partial charge in [-0.3, -0.25) is 19.9 Å². The van der Waals surface area contributed by atoms with Crippen molar-refractivity contribution in [3.05, 3.63) is 93.3 Å². The van der Waals surface area contributed by atoms with Crippen LogP contribution in [0.5, 0.6) is 11.5 Å². The molecule has 0 spiro atoms. The number of aromatic nitrogens is 1. The highest BCUT2D eigenvalue weighted by atomic mass is 16.6. The predicted molar refractivity (Wildman–Crippen MR) is 122 cm³/mol. The van der Waals surface area contributed by atoms with Crippen LogP contribution in [0, 0.1) is 10.1 Å². The van der Waals surface area contributed by atoms with Crippen LogP contribution in [0.1, 0.15) is 38.8 Å². The molecular weight excluding hydrogens is 442 g/mol. The van der Waals surface area contributed by atoms with Gasteiger partial charge in [-0.25, -0.2) is 4.79 Å². The molecule has 0 fully saturated rings. The summed E-state index contributed by atoms with van der Waals surface area (Å²) in [7, 11) is 1.51. The maximum absolute atomic E-state index is 12.7. The summed E-state index contributed by atoms with van der Waals surface area (Å²) in [5.41, 5.74) is 1.19. The van der Waals surface area contributed by atoms with E-state index in [-0.39, 0.29) is 30.0 Å². The zero-order chi connectivity index (χ0) is 24.5. The molecule has 0 bridgehead atoms. The van der Waals surface area contributed by atoms with Crippen LogP contribution in [0.4, 0.5) is 5.69 Å². The third kappa shape index (κ3) is 6.28. The van der Waals surface area contributed by atoms with Crippen molar-refractivity contribution in [3.8, 4) is 11.5 Å². The molecule has 1 heterocycles. The van der Waals surface area contributed by atoms with E-state index in [1.54, 1.807) is 37.5 Å². The summed E-state index contributed by atoms with van der Waals surface area (Å²) in [5, 5.41) is 13.9. The topological polar surface area (TPSA) is 130 Å². The fraction of sp³-hybridized carbons (Fsp3) is 0.208. The molecule has 0 aliphatic carbocycles. The van der Waals surface area contributed by atoms with Gasteiger partial charge >= 0.3 is 5.97 Å². The number of non-ortho nitro benzene ring substituents is 1. The minimum atomic E-state index is -0.743. The zero-order valence-corrected chi connectivity index (χ0v) is 18.6. The molecule has 0 aliphatic rings. The second kappa shape index (κ2) is 11.4. The lowest BCUT2D eigenvalue weighted by molar-refractivity contribution is -0.384. The quantitative estimate of drug-likeness (QED) is 0.273. The molecule has 1 N–H and O–H groups in total. The molecule has 0 aliphatic heterocycles. The van der Waals surface area contributed by atoms with E-state index in [0.717, 1.165) is 23.3 Å². The molecule has 10 nitrogen and oxygen atoms in total. The lowest BCUT2D eigenvalue weighted by atomic mass is 10.1. The Morgan fingerprint density at radius 1 is 1.00 bits per heavy atom. The number of carbonyl (C=O) groups excluding carboxylic acids is 2. The summed E-state index contributed by atoms with van der Waals surface area (Å²) in [6, 6.07) is 12.3. The summed E-state index contributed by atoms with van der Waals surface area (Å²) in [6.45, 7) is 2.18. The molecular formula is C24H23N3O7. The standard InChI is InChI=1S/C24H23N3O7/c1-3-33-24(29)19-11-18(12-20(13-19)27(30)31)23(28)26-14-17-4-5-21(22(10-17)32-2)34-15-16-6-8-25-9-7-16/h4-13H,3,14-15H2,1-2H3,(H,26,28). The molecule has 3 rings (SSSR count). The van der Waals surface area contributed by atoms with Gasteiger partial charge in [-0.2, -0.15) is 0 Å². The summed E-state index contributed by atoms with van der Waals surface area (Å²) < 4.78 is 16.1. The van der Waals surface area contributed by atoms with Gasteiger partial charge in [0, 0.05) is 36.6 Å². The number of carbonyl (C=O) groups is 2. The van der Waals surface area contributed by atoms with Crippen molar-refractivity contribution >= 4 is 17.6 Å². The number of nitrogens with one attached hydrogen (secondary N) is 1. The van der Waals surface area contributed by atoms with Crippen LogP contribution in [-0.4, -0.2) is 35.5 Å². The monoisotopic (exact) mass is 465 g/mol. The number of nitro benzene ring substituents is 1. The van der Waals surface area contributed by atoms with Gasteiger partial charge in [0.05, 0.1) is 24.2 Å². The number of methoxy groups -OCH3 is 1. The second-order valence-corrected chi connectivity index (χ2v) is 7.06. The number of benzene rings is 2. The van der Waals surface area contributed by atoms with Crippen LogP contribution in [0.25, 0.3) is 0 Å². The second-order valence-electron chi connectivity index (χ2n) is 7.06. The van der Waals surface area contributed by atoms with Crippen LogP contribution >= 0.6 is 0 Å². The molecule has 0 saturated carbocycles. The third-order valence-electron chi connectivity index (χ3n) is 4.73. The smallest absolute Gasteiger partial charge is 0.338 e. The van der Waals surface area contributed by atoms with E-state index in [1.165, 1.54) is 13.2 Å². The van der Waals surface area contributed by atoms with Crippen LogP contribution in [-0.2, 0) is 17.9 Å². The van der Waals surface area contributed by atoms with Gasteiger partial charge in [0.2, 0.25) is 0 Å². The number of hydrogen-bond donors (Lipinski definition) is 1. The zero-order valence-electron chi connectivity index (χ0n) is 18.6. The molecule has 176 valence electrons. The molecule has 2 aromatic carbocycles. The average molecular weight is 465 g/mol. The fourth-order valence-corrected chi connectivity index (χ4v) is 3.05. The number of hydrogen-bond acceptors (Lipinski definition) is 8. The van der Waals surface area contributed by atoms with Gasteiger partial charge in [0.1, 0.15) is 6.61 Å². The molecule has 1 amide bonds. The first-order valence-corrected chi connectivity index (χ1v) is 10.3.